The third-order valence-corrected chi connectivity index (χ3v) is 7.04. The summed E-state index contributed by atoms with van der Waals surface area (Å²) in [5.41, 5.74) is 3.40. The quantitative estimate of drug-likeness (QED) is 0.427. The van der Waals surface area contributed by atoms with Crippen molar-refractivity contribution >= 4 is 28.9 Å². The minimum absolute atomic E-state index is 0.130. The van der Waals surface area contributed by atoms with Crippen molar-refractivity contribution in [3.8, 4) is 5.75 Å². The van der Waals surface area contributed by atoms with Gasteiger partial charge in [-0.3, -0.25) is 9.69 Å². The van der Waals surface area contributed by atoms with Crippen molar-refractivity contribution in [2.24, 2.45) is 0 Å². The molecular formula is C27H25ClFNO2. The van der Waals surface area contributed by atoms with E-state index in [0.29, 0.717) is 16.3 Å². The highest BCUT2D eigenvalue weighted by Gasteiger charge is 2.49. The van der Waals surface area contributed by atoms with Crippen LogP contribution in [-0.4, -0.2) is 11.5 Å². The third kappa shape index (κ3) is 3.12. The first kappa shape index (κ1) is 21.0. The minimum atomic E-state index is -0.955. The molecule has 0 saturated carbocycles. The van der Waals surface area contributed by atoms with E-state index in [2.05, 4.69) is 19.9 Å². The Labute approximate surface area is 192 Å². The van der Waals surface area contributed by atoms with Crippen LogP contribution >= 0.6 is 11.6 Å². The molecule has 0 fully saturated rings. The molecule has 32 heavy (non-hydrogen) atoms. The molecule has 3 nitrogen and oxygen atoms in total. The highest BCUT2D eigenvalue weighted by Crippen LogP contribution is 2.50. The minimum Gasteiger partial charge on any atom is -0.488 e. The Kier molecular flexibility index (Phi) is 4.65. The first-order chi connectivity index (χ1) is 15.1. The number of nitrogens with zero attached hydrogens (tertiary/aromatic N) is 1. The topological polar surface area (TPSA) is 29.5 Å². The van der Waals surface area contributed by atoms with E-state index in [1.165, 1.54) is 6.07 Å². The van der Waals surface area contributed by atoms with Gasteiger partial charge in [0.25, 0.3) is 0 Å². The summed E-state index contributed by atoms with van der Waals surface area (Å²) in [4.78, 5) is 15.6. The Balaban J connectivity index is 1.67. The zero-order chi connectivity index (χ0) is 22.8. The van der Waals surface area contributed by atoms with E-state index in [1.54, 1.807) is 30.0 Å². The van der Waals surface area contributed by atoms with Crippen molar-refractivity contribution in [1.82, 2.24) is 0 Å². The van der Waals surface area contributed by atoms with Gasteiger partial charge in [-0.1, -0.05) is 29.8 Å². The summed E-state index contributed by atoms with van der Waals surface area (Å²) in [6, 6.07) is 16.3. The first-order valence-corrected chi connectivity index (χ1v) is 11.2. The van der Waals surface area contributed by atoms with Crippen LogP contribution in [0.4, 0.5) is 15.8 Å². The number of rotatable bonds is 2. The predicted molar refractivity (Wildman–Crippen MR) is 126 cm³/mol. The predicted octanol–water partition coefficient (Wildman–Crippen LogP) is 6.88. The summed E-state index contributed by atoms with van der Waals surface area (Å²) in [5, 5.41) is 0.558. The second-order valence-corrected chi connectivity index (χ2v) is 9.98. The molecule has 164 valence electrons. The van der Waals surface area contributed by atoms with E-state index in [0.717, 1.165) is 41.0 Å². The number of hydrogen-bond acceptors (Lipinski definition) is 2. The maximum absolute atomic E-state index is 14.4. The van der Waals surface area contributed by atoms with Crippen molar-refractivity contribution in [3.63, 3.8) is 0 Å². The summed E-state index contributed by atoms with van der Waals surface area (Å²) in [6.07, 6.45) is 1.79. The largest absolute Gasteiger partial charge is 0.488 e. The van der Waals surface area contributed by atoms with E-state index in [9.17, 15) is 9.18 Å². The number of carbonyl (C=O) groups excluding carboxylic acids is 1. The monoisotopic (exact) mass is 449 g/mol. The Morgan fingerprint density at radius 3 is 2.56 bits per heavy atom. The van der Waals surface area contributed by atoms with Crippen LogP contribution in [0, 0.1) is 12.7 Å². The maximum Gasteiger partial charge on any atom is 0.246 e. The summed E-state index contributed by atoms with van der Waals surface area (Å²) in [7, 11) is 0. The molecule has 0 radical (unpaired) electrons. The lowest BCUT2D eigenvalue weighted by atomic mass is 9.76. The first-order valence-electron chi connectivity index (χ1n) is 10.8. The fourth-order valence-corrected chi connectivity index (χ4v) is 4.95. The van der Waals surface area contributed by atoms with Crippen LogP contribution in [0.3, 0.4) is 0 Å². The van der Waals surface area contributed by atoms with Crippen molar-refractivity contribution < 1.29 is 13.9 Å². The Bertz CT molecular complexity index is 1270. The van der Waals surface area contributed by atoms with Gasteiger partial charge in [0.1, 0.15) is 17.2 Å². The fourth-order valence-electron chi connectivity index (χ4n) is 4.78. The number of aryl methyl sites for hydroxylation is 2. The molecule has 3 aromatic carbocycles. The summed E-state index contributed by atoms with van der Waals surface area (Å²) in [5.74, 6) is 0.394. The molecule has 5 rings (SSSR count). The maximum atomic E-state index is 14.4. The Morgan fingerprint density at radius 1 is 1.03 bits per heavy atom. The second kappa shape index (κ2) is 7.08. The molecule has 0 N–H and O–H groups in total. The van der Waals surface area contributed by atoms with Crippen LogP contribution < -0.4 is 9.64 Å². The van der Waals surface area contributed by atoms with Gasteiger partial charge < -0.3 is 4.74 Å². The van der Waals surface area contributed by atoms with Crippen molar-refractivity contribution in [2.75, 3.05) is 4.90 Å². The smallest absolute Gasteiger partial charge is 0.246 e. The summed E-state index contributed by atoms with van der Waals surface area (Å²) >= 11 is 6.36. The SMILES string of the molecule is Cc1ccc(N2C(=O)[C@@](C)(c3ccc4c(c3)CCC(C)(C)O4)c3cc(Cl)ccc32)cc1F. The van der Waals surface area contributed by atoms with Crippen molar-refractivity contribution in [2.45, 2.75) is 51.6 Å². The fraction of sp³-hybridized carbons (Fsp3) is 0.296. The number of amides is 1. The van der Waals surface area contributed by atoms with Gasteiger partial charge in [0.2, 0.25) is 5.91 Å². The van der Waals surface area contributed by atoms with Crippen molar-refractivity contribution in [1.29, 1.82) is 0 Å². The van der Waals surface area contributed by atoms with E-state index >= 15 is 0 Å². The lowest BCUT2D eigenvalue weighted by Gasteiger charge is -2.34. The second-order valence-electron chi connectivity index (χ2n) is 9.54. The number of carbonyl (C=O) groups is 1. The van der Waals surface area contributed by atoms with Gasteiger partial charge in [-0.15, -0.1) is 0 Å². The molecule has 1 amide bonds. The van der Waals surface area contributed by atoms with E-state index in [4.69, 9.17) is 16.3 Å². The number of hydrogen-bond donors (Lipinski definition) is 0. The average Bonchev–Trinajstić information content (AvgIpc) is 2.97. The van der Waals surface area contributed by atoms with Crippen molar-refractivity contribution in [3.05, 3.63) is 87.7 Å². The molecule has 2 aliphatic rings. The standard InChI is InChI=1S/C27H25ClFNO2/c1-16-5-8-20(15-22(16)29)30-23-9-7-19(28)14-21(23)27(4,25(30)31)18-6-10-24-17(13-18)11-12-26(2,3)32-24/h5-10,13-15H,11-12H2,1-4H3/t27-/m0/s1. The average molecular weight is 450 g/mol. The number of halogens is 2. The number of anilines is 2. The number of ether oxygens (including phenoxy) is 1. The molecule has 0 aromatic heterocycles. The van der Waals surface area contributed by atoms with Gasteiger partial charge in [-0.05, 0) is 99.2 Å². The molecule has 0 aliphatic carbocycles. The van der Waals surface area contributed by atoms with Crippen LogP contribution in [0.1, 0.15) is 49.4 Å². The molecule has 0 bridgehead atoms. The summed E-state index contributed by atoms with van der Waals surface area (Å²) in [6.45, 7) is 7.80. The normalized spacial score (nSPS) is 21.2. The summed E-state index contributed by atoms with van der Waals surface area (Å²) < 4.78 is 20.5. The molecule has 5 heteroatoms. The van der Waals surface area contributed by atoms with E-state index in [1.807, 2.05) is 31.2 Å². The van der Waals surface area contributed by atoms with E-state index in [-0.39, 0.29) is 17.3 Å². The molecule has 2 heterocycles. The molecule has 3 aromatic rings. The lowest BCUT2D eigenvalue weighted by Crippen LogP contribution is -2.37. The number of fused-ring (bicyclic) bond motifs is 2. The van der Waals surface area contributed by atoms with Gasteiger partial charge in [-0.25, -0.2) is 4.39 Å². The van der Waals surface area contributed by atoms with E-state index < -0.39 is 5.41 Å². The Morgan fingerprint density at radius 2 is 1.81 bits per heavy atom. The van der Waals surface area contributed by atoms with Crippen LogP contribution in [0.15, 0.2) is 54.6 Å². The Hall–Kier alpha value is -2.85. The molecule has 0 unspecified atom stereocenters. The third-order valence-electron chi connectivity index (χ3n) is 6.80. The lowest BCUT2D eigenvalue weighted by molar-refractivity contribution is -0.120. The molecule has 0 saturated heterocycles. The zero-order valence-electron chi connectivity index (χ0n) is 18.6. The van der Waals surface area contributed by atoms with Gasteiger partial charge in [-0.2, -0.15) is 0 Å². The van der Waals surface area contributed by atoms with Crippen LogP contribution in [0.2, 0.25) is 5.02 Å². The highest BCUT2D eigenvalue weighted by molar-refractivity contribution is 6.31. The molecule has 0 spiro atoms. The zero-order valence-corrected chi connectivity index (χ0v) is 19.4. The molecule has 2 aliphatic heterocycles. The van der Waals surface area contributed by atoms with Gasteiger partial charge in [0.15, 0.2) is 0 Å². The van der Waals surface area contributed by atoms with Crippen LogP contribution in [0.25, 0.3) is 0 Å². The molecular weight excluding hydrogens is 425 g/mol. The van der Waals surface area contributed by atoms with Gasteiger partial charge in [0.05, 0.1) is 16.8 Å². The van der Waals surface area contributed by atoms with Gasteiger partial charge in [0, 0.05) is 5.02 Å². The molecule has 1 atom stereocenters. The van der Waals surface area contributed by atoms with Crippen LogP contribution in [0.5, 0.6) is 5.75 Å². The van der Waals surface area contributed by atoms with Crippen LogP contribution in [-0.2, 0) is 16.6 Å². The highest BCUT2D eigenvalue weighted by atomic mass is 35.5. The van der Waals surface area contributed by atoms with Gasteiger partial charge >= 0.3 is 0 Å². The number of benzene rings is 3.